The predicted octanol–water partition coefficient (Wildman–Crippen LogP) is 14.8. The Balaban J connectivity index is 1.55. The first-order valence-electron chi connectivity index (χ1n) is 22.6. The van der Waals surface area contributed by atoms with Gasteiger partial charge in [-0.1, -0.05) is 83.9 Å². The van der Waals surface area contributed by atoms with Gasteiger partial charge in [-0.2, -0.15) is 0 Å². The normalized spacial score (nSPS) is 13.6. The van der Waals surface area contributed by atoms with Crippen molar-refractivity contribution in [1.82, 2.24) is 0 Å². The maximum absolute atomic E-state index is 2.86. The average molecular weight is 819 g/mol. The number of hydrogen-bond donors (Lipinski definition) is 0. The van der Waals surface area contributed by atoms with E-state index >= 15 is 0 Å². The molecule has 0 atom stereocenters. The Morgan fingerprint density at radius 3 is 0.623 bits per heavy atom. The van der Waals surface area contributed by atoms with E-state index in [0.717, 1.165) is 0 Å². The SMILES string of the molecule is CC1=C(C)C([Si](c2ccc(-c3c(C)c(C)c(C)c(C)c3C)cc2)(c2ccc(-c3c(C)c(C)c(C)c(C)c3C)cc2)c2ccc(-c3c(C)c(C)c(C)c(C)c3C)cc2)C(C)=C1C. The lowest BCUT2D eigenvalue weighted by Gasteiger charge is -2.41. The van der Waals surface area contributed by atoms with Crippen molar-refractivity contribution < 1.29 is 0 Å². The van der Waals surface area contributed by atoms with Gasteiger partial charge in [0.1, 0.15) is 0 Å². The fourth-order valence-electron chi connectivity index (χ4n) is 11.5. The van der Waals surface area contributed by atoms with E-state index in [2.05, 4.69) is 204 Å². The van der Waals surface area contributed by atoms with E-state index < -0.39 is 8.07 Å². The van der Waals surface area contributed by atoms with Gasteiger partial charge in [-0.3, -0.25) is 0 Å². The highest BCUT2D eigenvalue weighted by molar-refractivity contribution is 7.13. The van der Waals surface area contributed by atoms with Crippen LogP contribution in [0.15, 0.2) is 95.1 Å². The summed E-state index contributed by atoms with van der Waals surface area (Å²) in [6.45, 7) is 44.0. The lowest BCUT2D eigenvalue weighted by atomic mass is 9.86. The van der Waals surface area contributed by atoms with Crippen LogP contribution in [-0.2, 0) is 0 Å². The molecule has 0 aliphatic heterocycles. The molecule has 0 amide bonds. The molecule has 314 valence electrons. The van der Waals surface area contributed by atoms with Crippen LogP contribution >= 0.6 is 0 Å². The molecule has 0 saturated heterocycles. The lowest BCUT2D eigenvalue weighted by molar-refractivity contribution is 1.09. The van der Waals surface area contributed by atoms with Crippen LogP contribution in [0.2, 0.25) is 5.54 Å². The summed E-state index contributed by atoms with van der Waals surface area (Å²) in [5, 5.41) is 4.38. The van der Waals surface area contributed by atoms with Crippen LogP contribution < -0.4 is 15.6 Å². The highest BCUT2D eigenvalue weighted by atomic mass is 28.3. The molecular weight excluding hydrogens is 749 g/mol. The summed E-state index contributed by atoms with van der Waals surface area (Å²) in [7, 11) is -2.86. The quantitative estimate of drug-likeness (QED) is 0.111. The molecule has 0 heterocycles. The van der Waals surface area contributed by atoms with Crippen LogP contribution in [0.5, 0.6) is 0 Å². The molecule has 0 N–H and O–H groups in total. The Bertz CT molecular complexity index is 2450. The zero-order chi connectivity index (χ0) is 44.7. The van der Waals surface area contributed by atoms with Crippen LogP contribution in [0.25, 0.3) is 33.4 Å². The van der Waals surface area contributed by atoms with Crippen molar-refractivity contribution in [3.63, 3.8) is 0 Å². The second kappa shape index (κ2) is 16.0. The molecule has 1 aliphatic rings. The molecule has 1 heteroatoms. The molecule has 0 nitrogen and oxygen atoms in total. The minimum atomic E-state index is -2.86. The van der Waals surface area contributed by atoms with E-state index in [9.17, 15) is 0 Å². The van der Waals surface area contributed by atoms with Gasteiger partial charge in [0.05, 0.1) is 0 Å². The Morgan fingerprint density at radius 1 is 0.246 bits per heavy atom. The van der Waals surface area contributed by atoms with E-state index in [1.165, 1.54) is 155 Å². The van der Waals surface area contributed by atoms with Gasteiger partial charge >= 0.3 is 0 Å². The maximum atomic E-state index is 2.53. The maximum Gasteiger partial charge on any atom is 0.159 e. The molecule has 0 unspecified atom stereocenters. The van der Waals surface area contributed by atoms with E-state index in [1.807, 2.05) is 0 Å². The summed E-state index contributed by atoms with van der Waals surface area (Å²) in [4.78, 5) is 0. The van der Waals surface area contributed by atoms with E-state index in [0.29, 0.717) is 0 Å². The molecule has 0 fully saturated rings. The number of allylic oxidation sites excluding steroid dienone is 4. The first-order valence-corrected chi connectivity index (χ1v) is 24.7. The number of hydrogen-bond acceptors (Lipinski definition) is 0. The largest absolute Gasteiger partial charge is 0.159 e. The van der Waals surface area contributed by atoms with Crippen LogP contribution in [0, 0.1) is 104 Å². The molecule has 0 spiro atoms. The van der Waals surface area contributed by atoms with Gasteiger partial charge in [0.2, 0.25) is 0 Å². The fourth-order valence-corrected chi connectivity index (χ4v) is 17.3. The Kier molecular flexibility index (Phi) is 11.6. The van der Waals surface area contributed by atoms with Crippen molar-refractivity contribution in [1.29, 1.82) is 0 Å². The summed E-state index contributed by atoms with van der Waals surface area (Å²) in [6, 6.07) is 29.9. The molecule has 6 aromatic carbocycles. The molecule has 61 heavy (non-hydrogen) atoms. The third-order valence-corrected chi connectivity index (χ3v) is 22.4. The molecule has 0 saturated carbocycles. The Morgan fingerprint density at radius 2 is 0.426 bits per heavy atom. The van der Waals surface area contributed by atoms with Crippen molar-refractivity contribution in [2.24, 2.45) is 0 Å². The number of benzene rings is 6. The van der Waals surface area contributed by atoms with Gasteiger partial charge in [0, 0.05) is 5.54 Å². The summed E-state index contributed by atoms with van der Waals surface area (Å²) >= 11 is 0. The van der Waals surface area contributed by atoms with E-state index in [-0.39, 0.29) is 5.54 Å². The average Bonchev–Trinajstić information content (AvgIpc) is 3.45. The second-order valence-corrected chi connectivity index (χ2v) is 23.0. The van der Waals surface area contributed by atoms with Crippen LogP contribution in [0.4, 0.5) is 0 Å². The fraction of sp³-hybridized carbons (Fsp3) is 0.333. The predicted molar refractivity (Wildman–Crippen MR) is 272 cm³/mol. The number of rotatable bonds is 7. The topological polar surface area (TPSA) is 0 Å². The highest BCUT2D eigenvalue weighted by Gasteiger charge is 2.50. The summed E-state index contributed by atoms with van der Waals surface area (Å²) in [5.41, 5.74) is 35.3. The van der Waals surface area contributed by atoms with Gasteiger partial charge in [0.15, 0.2) is 8.07 Å². The third kappa shape index (κ3) is 6.60. The molecule has 0 aromatic heterocycles. The van der Waals surface area contributed by atoms with Gasteiger partial charge in [0.25, 0.3) is 0 Å². The molecule has 7 rings (SSSR count). The highest BCUT2D eigenvalue weighted by Crippen LogP contribution is 2.47. The lowest BCUT2D eigenvalue weighted by Crippen LogP contribution is -2.70. The first kappa shape index (κ1) is 44.1. The van der Waals surface area contributed by atoms with Crippen molar-refractivity contribution in [2.45, 2.75) is 137 Å². The van der Waals surface area contributed by atoms with Crippen molar-refractivity contribution in [3.8, 4) is 33.4 Å². The zero-order valence-corrected chi connectivity index (χ0v) is 42.0. The summed E-state index contributed by atoms with van der Waals surface area (Å²) in [6.07, 6.45) is 0. The molecule has 1 aliphatic carbocycles. The van der Waals surface area contributed by atoms with Crippen molar-refractivity contribution in [2.75, 3.05) is 0 Å². The smallest absolute Gasteiger partial charge is 0.0647 e. The van der Waals surface area contributed by atoms with Crippen LogP contribution in [-0.4, -0.2) is 8.07 Å². The van der Waals surface area contributed by atoms with Gasteiger partial charge in [-0.25, -0.2) is 0 Å². The van der Waals surface area contributed by atoms with Crippen LogP contribution in [0.3, 0.4) is 0 Å². The van der Waals surface area contributed by atoms with E-state index in [4.69, 9.17) is 0 Å². The zero-order valence-electron chi connectivity index (χ0n) is 41.0. The summed E-state index contributed by atoms with van der Waals surface area (Å²) < 4.78 is 0. The molecule has 0 bridgehead atoms. The Hall–Kier alpha value is -4.98. The van der Waals surface area contributed by atoms with Gasteiger partial charge < -0.3 is 0 Å². The van der Waals surface area contributed by atoms with Gasteiger partial charge in [-0.05, 0) is 275 Å². The minimum Gasteiger partial charge on any atom is -0.0647 e. The van der Waals surface area contributed by atoms with Crippen molar-refractivity contribution in [3.05, 3.63) is 179 Å². The molecule has 6 aromatic rings. The molecule has 0 radical (unpaired) electrons. The standard InChI is InChI=1S/C60H70Si/c1-32-35(4)43(12)57(44(13)36(32)5)51-20-26-54(27-21-51)61(60-49(18)41(10)42(11)50(60)19,55-28-22-52(23-29-55)58-45(14)37(6)33(2)38(7)46(58)15)56-30-24-53(25-31-56)59-47(16)39(8)34(3)40(9)48(59)17/h20-31,60H,1-19H3. The minimum absolute atomic E-state index is 0.280. The first-order chi connectivity index (χ1) is 28.7. The second-order valence-electron chi connectivity index (χ2n) is 19.1. The van der Waals surface area contributed by atoms with E-state index in [1.54, 1.807) is 0 Å². The summed E-state index contributed by atoms with van der Waals surface area (Å²) in [5.74, 6) is 0. The van der Waals surface area contributed by atoms with Crippen LogP contribution in [0.1, 0.15) is 111 Å². The molecular formula is C60H70Si. The Labute approximate surface area is 370 Å². The van der Waals surface area contributed by atoms with Gasteiger partial charge in [-0.15, -0.1) is 0 Å². The van der Waals surface area contributed by atoms with Crippen molar-refractivity contribution >= 4 is 23.6 Å². The monoisotopic (exact) mass is 819 g/mol. The third-order valence-electron chi connectivity index (χ3n) is 16.9.